The third kappa shape index (κ3) is 2.27. The predicted octanol–water partition coefficient (Wildman–Crippen LogP) is 1.75. The summed E-state index contributed by atoms with van der Waals surface area (Å²) in [6.07, 6.45) is 1.35. The van der Waals surface area contributed by atoms with Crippen molar-refractivity contribution in [3.63, 3.8) is 0 Å². The lowest BCUT2D eigenvalue weighted by Gasteiger charge is -1.96. The second kappa shape index (κ2) is 4.43. The van der Waals surface area contributed by atoms with Crippen molar-refractivity contribution in [1.29, 1.82) is 5.26 Å². The van der Waals surface area contributed by atoms with Crippen molar-refractivity contribution < 1.29 is 4.79 Å². The van der Waals surface area contributed by atoms with Crippen molar-refractivity contribution in [3.8, 4) is 6.07 Å². The highest BCUT2D eigenvalue weighted by Gasteiger charge is 2.10. The Kier molecular flexibility index (Phi) is 2.99. The monoisotopic (exact) mass is 252 g/mol. The fourth-order valence-corrected chi connectivity index (χ4v) is 2.08. The van der Waals surface area contributed by atoms with Crippen LogP contribution in [-0.4, -0.2) is 20.5 Å². The molecule has 0 unspecified atom stereocenters. The first-order valence-electron chi connectivity index (χ1n) is 4.27. The summed E-state index contributed by atoms with van der Waals surface area (Å²) < 4.78 is 1.90. The fraction of sp³-hybridized carbons (Fsp3) is 0.111. The molecule has 0 aliphatic rings. The third-order valence-electron chi connectivity index (χ3n) is 1.79. The number of hydrogen-bond donors (Lipinski definition) is 0. The molecule has 0 saturated carbocycles. The van der Waals surface area contributed by atoms with Crippen molar-refractivity contribution in [3.05, 3.63) is 33.5 Å². The van der Waals surface area contributed by atoms with Crippen LogP contribution in [0.5, 0.6) is 0 Å². The lowest BCUT2D eigenvalue weighted by molar-refractivity contribution is 0.0971. The molecule has 0 atom stereocenters. The Morgan fingerprint density at radius 1 is 1.62 bits per heavy atom. The SMILES string of the molecule is N#Cc1ncn(CC(=O)c2ccc(Cl)s2)n1. The molecule has 0 fully saturated rings. The topological polar surface area (TPSA) is 71.6 Å². The third-order valence-corrected chi connectivity index (χ3v) is 3.06. The average Bonchev–Trinajstić information content (AvgIpc) is 2.87. The first-order valence-corrected chi connectivity index (χ1v) is 5.46. The maximum atomic E-state index is 11.7. The van der Waals surface area contributed by atoms with Gasteiger partial charge in [0.05, 0.1) is 9.21 Å². The molecule has 0 N–H and O–H groups in total. The van der Waals surface area contributed by atoms with Gasteiger partial charge in [-0.05, 0) is 12.1 Å². The van der Waals surface area contributed by atoms with E-state index >= 15 is 0 Å². The number of halogens is 1. The van der Waals surface area contributed by atoms with Crippen LogP contribution in [0.2, 0.25) is 4.34 Å². The number of nitriles is 1. The summed E-state index contributed by atoms with van der Waals surface area (Å²) in [6.45, 7) is 0.0610. The Morgan fingerprint density at radius 2 is 2.44 bits per heavy atom. The molecule has 0 saturated heterocycles. The van der Waals surface area contributed by atoms with Gasteiger partial charge in [-0.25, -0.2) is 9.67 Å². The van der Waals surface area contributed by atoms with Gasteiger partial charge in [-0.2, -0.15) is 5.26 Å². The number of rotatable bonds is 3. The molecule has 0 aliphatic carbocycles. The molecule has 0 aromatic carbocycles. The van der Waals surface area contributed by atoms with Gasteiger partial charge in [0.25, 0.3) is 5.82 Å². The number of aromatic nitrogens is 3. The first-order chi connectivity index (χ1) is 7.69. The van der Waals surface area contributed by atoms with Crippen LogP contribution in [0, 0.1) is 11.3 Å². The number of carbonyl (C=O) groups excluding carboxylic acids is 1. The van der Waals surface area contributed by atoms with E-state index in [1.54, 1.807) is 18.2 Å². The molecule has 7 heteroatoms. The second-order valence-corrected chi connectivity index (χ2v) is 4.62. The van der Waals surface area contributed by atoms with Gasteiger partial charge < -0.3 is 0 Å². The molecule has 2 rings (SSSR count). The van der Waals surface area contributed by atoms with Crippen LogP contribution in [0.1, 0.15) is 15.5 Å². The lowest BCUT2D eigenvalue weighted by atomic mass is 10.3. The molecular weight excluding hydrogens is 248 g/mol. The summed E-state index contributed by atoms with van der Waals surface area (Å²) in [6, 6.07) is 5.12. The molecule has 5 nitrogen and oxygen atoms in total. The largest absolute Gasteiger partial charge is 0.291 e. The number of hydrogen-bond acceptors (Lipinski definition) is 5. The normalized spacial score (nSPS) is 10.0. The zero-order chi connectivity index (χ0) is 11.5. The number of thiophene rings is 1. The maximum absolute atomic E-state index is 11.7. The molecule has 0 bridgehead atoms. The predicted molar refractivity (Wildman–Crippen MR) is 58.4 cm³/mol. The summed E-state index contributed by atoms with van der Waals surface area (Å²) >= 11 is 6.94. The van der Waals surface area contributed by atoms with Crippen molar-refractivity contribution >= 4 is 28.7 Å². The van der Waals surface area contributed by atoms with Crippen LogP contribution >= 0.6 is 22.9 Å². The van der Waals surface area contributed by atoms with E-state index in [0.717, 1.165) is 0 Å². The van der Waals surface area contributed by atoms with E-state index in [1.807, 2.05) is 0 Å². The standard InChI is InChI=1S/C9H5ClN4OS/c10-8-2-1-7(16-8)6(15)4-14-5-12-9(3-11)13-14/h1-2,5H,4H2. The Hall–Kier alpha value is -1.71. The molecule has 0 spiro atoms. The number of nitrogens with zero attached hydrogens (tertiary/aromatic N) is 4. The van der Waals surface area contributed by atoms with Gasteiger partial charge in [0, 0.05) is 0 Å². The molecular formula is C9H5ClN4OS. The molecule has 2 aromatic heterocycles. The summed E-state index contributed by atoms with van der Waals surface area (Å²) in [7, 11) is 0. The minimum atomic E-state index is -0.105. The minimum absolute atomic E-state index is 0.0528. The minimum Gasteiger partial charge on any atom is -0.291 e. The van der Waals surface area contributed by atoms with Gasteiger partial charge in [-0.1, -0.05) is 11.6 Å². The zero-order valence-electron chi connectivity index (χ0n) is 7.92. The molecule has 0 aliphatic heterocycles. The Labute approximate surface area is 99.9 Å². The van der Waals surface area contributed by atoms with E-state index in [1.165, 1.54) is 22.3 Å². The summed E-state index contributed by atoms with van der Waals surface area (Å²) in [5.41, 5.74) is 0. The fourth-order valence-electron chi connectivity index (χ4n) is 1.11. The van der Waals surface area contributed by atoms with Crippen LogP contribution in [0.25, 0.3) is 0 Å². The van der Waals surface area contributed by atoms with Gasteiger partial charge >= 0.3 is 0 Å². The summed E-state index contributed by atoms with van der Waals surface area (Å²) in [4.78, 5) is 16.0. The first kappa shape index (κ1) is 10.8. The number of ketones is 1. The smallest absolute Gasteiger partial charge is 0.252 e. The van der Waals surface area contributed by atoms with Crippen LogP contribution in [0.15, 0.2) is 18.5 Å². The molecule has 2 aromatic rings. The van der Waals surface area contributed by atoms with Crippen LogP contribution in [0.4, 0.5) is 0 Å². The van der Waals surface area contributed by atoms with E-state index in [-0.39, 0.29) is 18.2 Å². The van der Waals surface area contributed by atoms with Gasteiger partial charge in [0.2, 0.25) is 0 Å². The van der Waals surface area contributed by atoms with E-state index < -0.39 is 0 Å². The van der Waals surface area contributed by atoms with Gasteiger partial charge in [0.15, 0.2) is 5.78 Å². The summed E-state index contributed by atoms with van der Waals surface area (Å²) in [5.74, 6) is -0.0525. The Morgan fingerprint density at radius 3 is 3.00 bits per heavy atom. The molecule has 16 heavy (non-hydrogen) atoms. The zero-order valence-corrected chi connectivity index (χ0v) is 9.49. The Bertz CT molecular complexity index is 568. The quantitative estimate of drug-likeness (QED) is 0.780. The van der Waals surface area contributed by atoms with E-state index in [0.29, 0.717) is 9.21 Å². The van der Waals surface area contributed by atoms with Crippen LogP contribution < -0.4 is 0 Å². The van der Waals surface area contributed by atoms with Crippen LogP contribution in [-0.2, 0) is 6.54 Å². The molecule has 80 valence electrons. The Balaban J connectivity index is 2.11. The molecule has 0 radical (unpaired) electrons. The highest BCUT2D eigenvalue weighted by Crippen LogP contribution is 2.21. The van der Waals surface area contributed by atoms with Gasteiger partial charge in [0.1, 0.15) is 18.9 Å². The average molecular weight is 253 g/mol. The molecule has 0 amide bonds. The highest BCUT2D eigenvalue weighted by molar-refractivity contribution is 7.18. The van der Waals surface area contributed by atoms with E-state index in [4.69, 9.17) is 16.9 Å². The summed E-state index contributed by atoms with van der Waals surface area (Å²) in [5, 5.41) is 12.3. The lowest BCUT2D eigenvalue weighted by Crippen LogP contribution is -2.09. The molecule has 2 heterocycles. The van der Waals surface area contributed by atoms with Crippen molar-refractivity contribution in [1.82, 2.24) is 14.8 Å². The maximum Gasteiger partial charge on any atom is 0.252 e. The number of carbonyl (C=O) groups is 1. The van der Waals surface area contributed by atoms with E-state index in [2.05, 4.69) is 10.1 Å². The van der Waals surface area contributed by atoms with Crippen molar-refractivity contribution in [2.75, 3.05) is 0 Å². The van der Waals surface area contributed by atoms with Crippen molar-refractivity contribution in [2.45, 2.75) is 6.54 Å². The van der Waals surface area contributed by atoms with Crippen LogP contribution in [0.3, 0.4) is 0 Å². The highest BCUT2D eigenvalue weighted by atomic mass is 35.5. The van der Waals surface area contributed by atoms with Crippen molar-refractivity contribution in [2.24, 2.45) is 0 Å². The number of Topliss-reactive ketones (excluding diaryl/α,β-unsaturated/α-hetero) is 1. The van der Waals surface area contributed by atoms with E-state index in [9.17, 15) is 4.79 Å². The second-order valence-electron chi connectivity index (χ2n) is 2.90. The van der Waals surface area contributed by atoms with Gasteiger partial charge in [-0.3, -0.25) is 4.79 Å². The van der Waals surface area contributed by atoms with Gasteiger partial charge in [-0.15, -0.1) is 16.4 Å².